The van der Waals surface area contributed by atoms with Gasteiger partial charge >= 0.3 is 6.09 Å². The average Bonchev–Trinajstić information content (AvgIpc) is 2.77. The number of rotatable bonds is 7. The van der Waals surface area contributed by atoms with Crippen molar-refractivity contribution in [3.8, 4) is 11.6 Å². The molecule has 0 aliphatic rings. The number of hydrogen-bond donors (Lipinski definition) is 2. The number of carbonyl (C=O) groups excluding carboxylic acids is 2. The van der Waals surface area contributed by atoms with Gasteiger partial charge in [-0.05, 0) is 45.4 Å². The molecule has 2 N–H and O–H groups in total. The van der Waals surface area contributed by atoms with Crippen LogP contribution in [-0.2, 0) is 21.1 Å². The minimum atomic E-state index is -3.77. The number of aromatic nitrogens is 2. The molecule has 11 heteroatoms. The predicted molar refractivity (Wildman–Crippen MR) is 134 cm³/mol. The van der Waals surface area contributed by atoms with E-state index in [4.69, 9.17) is 9.47 Å². The standard InChI is InChI=1S/C25H28N4O6S/c1-16-9-11-17(12-10-16)14-26-21(30)20-15-27-23(36(5,32)33)29-22(20)34-19-8-6-7-18(13-19)28-24(31)35-25(2,3)4/h6-13,15H,14H2,1-5H3,(H,26,30)(H,28,31). The van der Waals surface area contributed by atoms with Crippen molar-refractivity contribution in [1.82, 2.24) is 15.3 Å². The fraction of sp³-hybridized carbons (Fsp3) is 0.280. The summed E-state index contributed by atoms with van der Waals surface area (Å²) in [6.07, 6.45) is 1.40. The van der Waals surface area contributed by atoms with E-state index in [2.05, 4.69) is 20.6 Å². The minimum Gasteiger partial charge on any atom is -0.444 e. The van der Waals surface area contributed by atoms with Crippen LogP contribution in [0, 0.1) is 6.92 Å². The summed E-state index contributed by atoms with van der Waals surface area (Å²) in [5, 5.41) is 4.86. The Kier molecular flexibility index (Phi) is 7.93. The Balaban J connectivity index is 1.85. The Morgan fingerprint density at radius 2 is 1.75 bits per heavy atom. The van der Waals surface area contributed by atoms with E-state index in [0.717, 1.165) is 23.6 Å². The highest BCUT2D eigenvalue weighted by Crippen LogP contribution is 2.27. The molecule has 0 atom stereocenters. The highest BCUT2D eigenvalue weighted by molar-refractivity contribution is 7.90. The first-order valence-corrected chi connectivity index (χ1v) is 12.9. The summed E-state index contributed by atoms with van der Waals surface area (Å²) in [7, 11) is -3.77. The first-order chi connectivity index (χ1) is 16.8. The lowest BCUT2D eigenvalue weighted by molar-refractivity contribution is 0.0635. The summed E-state index contributed by atoms with van der Waals surface area (Å²) in [6.45, 7) is 7.43. The third-order valence-corrected chi connectivity index (χ3v) is 5.44. The van der Waals surface area contributed by atoms with Crippen LogP contribution in [0.5, 0.6) is 11.6 Å². The number of benzene rings is 2. The van der Waals surface area contributed by atoms with Crippen molar-refractivity contribution in [2.24, 2.45) is 0 Å². The first-order valence-electron chi connectivity index (χ1n) is 11.0. The molecule has 0 spiro atoms. The molecule has 0 saturated heterocycles. The third-order valence-electron chi connectivity index (χ3n) is 4.58. The molecule has 10 nitrogen and oxygen atoms in total. The molecule has 190 valence electrons. The van der Waals surface area contributed by atoms with Crippen LogP contribution in [0.2, 0.25) is 0 Å². The van der Waals surface area contributed by atoms with Gasteiger partial charge in [0.2, 0.25) is 20.9 Å². The lowest BCUT2D eigenvalue weighted by atomic mass is 10.1. The van der Waals surface area contributed by atoms with Crippen molar-refractivity contribution in [3.05, 3.63) is 71.4 Å². The van der Waals surface area contributed by atoms with Gasteiger partial charge in [0.05, 0.1) is 0 Å². The second-order valence-electron chi connectivity index (χ2n) is 9.07. The lowest BCUT2D eigenvalue weighted by Crippen LogP contribution is -2.27. The molecule has 36 heavy (non-hydrogen) atoms. The number of hydrogen-bond acceptors (Lipinski definition) is 8. The molecular weight excluding hydrogens is 484 g/mol. The van der Waals surface area contributed by atoms with Crippen molar-refractivity contribution in [3.63, 3.8) is 0 Å². The quantitative estimate of drug-likeness (QED) is 0.448. The van der Waals surface area contributed by atoms with Gasteiger partial charge in [0.1, 0.15) is 16.9 Å². The van der Waals surface area contributed by atoms with E-state index in [1.54, 1.807) is 39.0 Å². The Morgan fingerprint density at radius 3 is 2.39 bits per heavy atom. The van der Waals surface area contributed by atoms with Crippen molar-refractivity contribution in [1.29, 1.82) is 0 Å². The number of nitrogens with one attached hydrogen (secondary N) is 2. The van der Waals surface area contributed by atoms with Crippen LogP contribution in [-0.4, -0.2) is 42.2 Å². The molecule has 3 rings (SSSR count). The summed E-state index contributed by atoms with van der Waals surface area (Å²) >= 11 is 0. The molecule has 0 aliphatic carbocycles. The van der Waals surface area contributed by atoms with Gasteiger partial charge in [-0.15, -0.1) is 0 Å². The van der Waals surface area contributed by atoms with Crippen LogP contribution < -0.4 is 15.4 Å². The number of anilines is 1. The Morgan fingerprint density at radius 1 is 1.06 bits per heavy atom. The molecular formula is C25H28N4O6S. The molecule has 1 aromatic heterocycles. The number of amides is 2. The molecule has 0 saturated carbocycles. The second-order valence-corrected chi connectivity index (χ2v) is 11.0. The zero-order valence-electron chi connectivity index (χ0n) is 20.7. The van der Waals surface area contributed by atoms with Gasteiger partial charge in [-0.25, -0.2) is 18.2 Å². The zero-order valence-corrected chi connectivity index (χ0v) is 21.5. The number of nitrogens with zero attached hydrogens (tertiary/aromatic N) is 2. The maximum Gasteiger partial charge on any atom is 0.412 e. The fourth-order valence-corrected chi connectivity index (χ4v) is 3.41. The average molecular weight is 513 g/mol. The molecule has 0 radical (unpaired) electrons. The minimum absolute atomic E-state index is 0.0555. The lowest BCUT2D eigenvalue weighted by Gasteiger charge is -2.19. The summed E-state index contributed by atoms with van der Waals surface area (Å²) in [6, 6.07) is 13.9. The molecule has 2 aromatic carbocycles. The SMILES string of the molecule is Cc1ccc(CNC(=O)c2cnc(S(C)(=O)=O)nc2Oc2cccc(NC(=O)OC(C)(C)C)c2)cc1. The largest absolute Gasteiger partial charge is 0.444 e. The van der Waals surface area contributed by atoms with Crippen LogP contribution in [0.4, 0.5) is 10.5 Å². The van der Waals surface area contributed by atoms with E-state index in [1.807, 2.05) is 31.2 Å². The van der Waals surface area contributed by atoms with Crippen LogP contribution in [0.3, 0.4) is 0 Å². The number of ether oxygens (including phenoxy) is 2. The van der Waals surface area contributed by atoms with Crippen LogP contribution in [0.15, 0.2) is 59.9 Å². The van der Waals surface area contributed by atoms with E-state index in [9.17, 15) is 18.0 Å². The summed E-state index contributed by atoms with van der Waals surface area (Å²) in [5.41, 5.74) is 1.60. The third kappa shape index (κ3) is 7.77. The topological polar surface area (TPSA) is 137 Å². The maximum absolute atomic E-state index is 12.9. The smallest absolute Gasteiger partial charge is 0.412 e. The van der Waals surface area contributed by atoms with E-state index in [-0.39, 0.29) is 23.7 Å². The highest BCUT2D eigenvalue weighted by Gasteiger charge is 2.21. The van der Waals surface area contributed by atoms with E-state index < -0.39 is 32.6 Å². The molecule has 0 fully saturated rings. The zero-order chi connectivity index (χ0) is 26.5. The van der Waals surface area contributed by atoms with Gasteiger partial charge < -0.3 is 14.8 Å². The van der Waals surface area contributed by atoms with Crippen LogP contribution in [0.25, 0.3) is 0 Å². The summed E-state index contributed by atoms with van der Waals surface area (Å²) in [5.74, 6) is -0.593. The fourth-order valence-electron chi connectivity index (χ4n) is 2.92. The van der Waals surface area contributed by atoms with Gasteiger partial charge in [0.25, 0.3) is 5.91 Å². The summed E-state index contributed by atoms with van der Waals surface area (Å²) < 4.78 is 35.0. The molecule has 0 unspecified atom stereocenters. The molecule has 2 amide bonds. The normalized spacial score (nSPS) is 11.5. The van der Waals surface area contributed by atoms with Crippen molar-refractivity contribution >= 4 is 27.5 Å². The van der Waals surface area contributed by atoms with Crippen LogP contribution in [0.1, 0.15) is 42.3 Å². The number of aryl methyl sites for hydroxylation is 1. The monoisotopic (exact) mass is 512 g/mol. The highest BCUT2D eigenvalue weighted by atomic mass is 32.2. The molecule has 3 aromatic rings. The summed E-state index contributed by atoms with van der Waals surface area (Å²) in [4.78, 5) is 32.8. The Hall–Kier alpha value is -3.99. The second kappa shape index (κ2) is 10.7. The van der Waals surface area contributed by atoms with E-state index >= 15 is 0 Å². The van der Waals surface area contributed by atoms with Gasteiger partial charge in [0.15, 0.2) is 0 Å². The van der Waals surface area contributed by atoms with Crippen molar-refractivity contribution in [2.45, 2.75) is 45.0 Å². The predicted octanol–water partition coefficient (Wildman–Crippen LogP) is 4.26. The van der Waals surface area contributed by atoms with Crippen molar-refractivity contribution < 1.29 is 27.5 Å². The van der Waals surface area contributed by atoms with Gasteiger partial charge in [-0.3, -0.25) is 10.1 Å². The maximum atomic E-state index is 12.9. The number of carbonyl (C=O) groups is 2. The molecule has 0 bridgehead atoms. The first kappa shape index (κ1) is 26.6. The Labute approximate surface area is 210 Å². The Bertz CT molecular complexity index is 1370. The van der Waals surface area contributed by atoms with Gasteiger partial charge in [-0.1, -0.05) is 35.9 Å². The molecule has 1 heterocycles. The van der Waals surface area contributed by atoms with E-state index in [1.165, 1.54) is 6.07 Å². The van der Waals surface area contributed by atoms with E-state index in [0.29, 0.717) is 5.69 Å². The molecule has 0 aliphatic heterocycles. The van der Waals surface area contributed by atoms with Gasteiger partial charge in [0, 0.05) is 30.8 Å². The van der Waals surface area contributed by atoms with Crippen LogP contribution >= 0.6 is 0 Å². The van der Waals surface area contributed by atoms with Gasteiger partial charge in [-0.2, -0.15) is 4.98 Å². The number of sulfone groups is 1. The van der Waals surface area contributed by atoms with Crippen molar-refractivity contribution in [2.75, 3.05) is 11.6 Å².